The second-order valence-electron chi connectivity index (χ2n) is 17.4. The number of allylic oxidation sites excluding steroid dienone is 14. The van der Waals surface area contributed by atoms with Crippen LogP contribution in [0.5, 0.6) is 0 Å². The lowest BCUT2D eigenvalue weighted by molar-refractivity contribution is 0.560. The monoisotopic (exact) mass is 736 g/mol. The molecule has 0 saturated carbocycles. The molecule has 1 aromatic heterocycles. The molecule has 0 radical (unpaired) electrons. The lowest BCUT2D eigenvalue weighted by atomic mass is 9.73. The molecule has 7 aromatic rings. The van der Waals surface area contributed by atoms with Crippen LogP contribution >= 0.6 is 11.3 Å². The van der Waals surface area contributed by atoms with Crippen molar-refractivity contribution in [3.63, 3.8) is 0 Å². The third-order valence-corrected chi connectivity index (χ3v) is 15.2. The Labute approximate surface area is 333 Å². The van der Waals surface area contributed by atoms with E-state index < -0.39 is 0 Å². The van der Waals surface area contributed by atoms with Gasteiger partial charge in [-0.05, 0) is 151 Å². The highest BCUT2D eigenvalue weighted by Crippen LogP contribution is 2.57. The first-order valence-electron chi connectivity index (χ1n) is 20.7. The van der Waals surface area contributed by atoms with Gasteiger partial charge in [0.25, 0.3) is 0 Å². The molecule has 56 heavy (non-hydrogen) atoms. The van der Waals surface area contributed by atoms with Crippen molar-refractivity contribution in [2.75, 3.05) is 0 Å². The molecular weight excluding hydrogens is 693 g/mol. The molecule has 0 saturated heterocycles. The van der Waals surface area contributed by atoms with Gasteiger partial charge in [-0.25, -0.2) is 0 Å². The van der Waals surface area contributed by atoms with Gasteiger partial charge >= 0.3 is 0 Å². The van der Waals surface area contributed by atoms with E-state index in [0.717, 1.165) is 12.8 Å². The molecule has 0 aliphatic heterocycles. The van der Waals surface area contributed by atoms with Crippen molar-refractivity contribution >= 4 is 75.0 Å². The van der Waals surface area contributed by atoms with Crippen LogP contribution in [-0.4, -0.2) is 0 Å². The van der Waals surface area contributed by atoms with Crippen molar-refractivity contribution in [3.05, 3.63) is 190 Å². The maximum absolute atomic E-state index is 2.55. The number of thiophene rings is 1. The number of rotatable bonds is 3. The van der Waals surface area contributed by atoms with Crippen LogP contribution in [0.15, 0.2) is 168 Å². The Kier molecular flexibility index (Phi) is 7.16. The smallest absolute Gasteiger partial charge is 0.0361 e. The van der Waals surface area contributed by atoms with Crippen LogP contribution in [0, 0.1) is 5.92 Å². The van der Waals surface area contributed by atoms with E-state index in [2.05, 4.69) is 160 Å². The Hall–Kier alpha value is -5.50. The van der Waals surface area contributed by atoms with Crippen LogP contribution in [0.4, 0.5) is 0 Å². The van der Waals surface area contributed by atoms with Crippen LogP contribution < -0.4 is 0 Å². The minimum Gasteiger partial charge on any atom is -0.135 e. The number of hydrogen-bond acceptors (Lipinski definition) is 1. The fourth-order valence-corrected chi connectivity index (χ4v) is 12.4. The zero-order chi connectivity index (χ0) is 37.1. The number of fused-ring (bicyclic) bond motifs is 10. The van der Waals surface area contributed by atoms with Gasteiger partial charge < -0.3 is 0 Å². The molecule has 2 unspecified atom stereocenters. The molecule has 0 nitrogen and oxygen atoms in total. The normalized spacial score (nSPS) is 21.3. The summed E-state index contributed by atoms with van der Waals surface area (Å²) < 4.78 is 2.75. The largest absolute Gasteiger partial charge is 0.135 e. The minimum absolute atomic E-state index is 0.0152. The van der Waals surface area contributed by atoms with Gasteiger partial charge in [-0.3, -0.25) is 0 Å². The predicted molar refractivity (Wildman–Crippen MR) is 243 cm³/mol. The van der Waals surface area contributed by atoms with Crippen molar-refractivity contribution in [2.45, 2.75) is 63.7 Å². The Morgan fingerprint density at radius 3 is 1.98 bits per heavy atom. The maximum atomic E-state index is 2.55. The molecule has 5 aliphatic rings. The molecule has 1 heteroatoms. The highest BCUT2D eigenvalue weighted by molar-refractivity contribution is 7.25. The van der Waals surface area contributed by atoms with E-state index in [1.807, 2.05) is 11.3 Å². The summed E-state index contributed by atoms with van der Waals surface area (Å²) in [4.78, 5) is 0. The highest BCUT2D eigenvalue weighted by atomic mass is 32.1. The average Bonchev–Trinajstić information content (AvgIpc) is 3.71. The van der Waals surface area contributed by atoms with Gasteiger partial charge in [0.2, 0.25) is 0 Å². The third-order valence-electron chi connectivity index (χ3n) is 14.1. The lowest BCUT2D eigenvalue weighted by Crippen LogP contribution is -2.17. The van der Waals surface area contributed by atoms with Crippen LogP contribution in [0.1, 0.15) is 80.5 Å². The van der Waals surface area contributed by atoms with Gasteiger partial charge in [-0.2, -0.15) is 0 Å². The quantitative estimate of drug-likeness (QED) is 0.159. The SMILES string of the molecule is CC1(C)C2=CC=C(c3c4ccccc4c(C4=CC=C5C=C(C6=CC=CCC6)CCC5C4)c4ccccc34)CC2c2cc3cc4c(cc3cc21)sc1ccccc14. The summed E-state index contributed by atoms with van der Waals surface area (Å²) in [6.07, 6.45) is 26.2. The Bertz CT molecular complexity index is 3050. The molecule has 12 rings (SSSR count). The van der Waals surface area contributed by atoms with E-state index in [4.69, 9.17) is 0 Å². The molecule has 0 fully saturated rings. The molecule has 1 heterocycles. The predicted octanol–water partition coefficient (Wildman–Crippen LogP) is 15.6. The second kappa shape index (κ2) is 12.2. The highest BCUT2D eigenvalue weighted by Gasteiger charge is 2.43. The summed E-state index contributed by atoms with van der Waals surface area (Å²) in [5.41, 5.74) is 15.0. The molecule has 0 amide bonds. The van der Waals surface area contributed by atoms with E-state index in [9.17, 15) is 0 Å². The topological polar surface area (TPSA) is 0 Å². The second-order valence-corrected chi connectivity index (χ2v) is 18.5. The van der Waals surface area contributed by atoms with Gasteiger partial charge in [-0.1, -0.05) is 141 Å². The summed E-state index contributed by atoms with van der Waals surface area (Å²) in [7, 11) is 0. The van der Waals surface area contributed by atoms with Gasteiger partial charge in [-0.15, -0.1) is 11.3 Å². The zero-order valence-corrected chi connectivity index (χ0v) is 33.0. The fraction of sp³-hybridized carbons (Fsp3) is 0.200. The summed E-state index contributed by atoms with van der Waals surface area (Å²) in [6, 6.07) is 37.4. The van der Waals surface area contributed by atoms with Crippen molar-refractivity contribution in [2.24, 2.45) is 5.92 Å². The zero-order valence-electron chi connectivity index (χ0n) is 32.2. The molecule has 2 atom stereocenters. The third kappa shape index (κ3) is 4.83. The van der Waals surface area contributed by atoms with Gasteiger partial charge in [0.1, 0.15) is 0 Å². The molecule has 0 spiro atoms. The lowest BCUT2D eigenvalue weighted by Gasteiger charge is -2.31. The van der Waals surface area contributed by atoms with E-state index in [-0.39, 0.29) is 5.41 Å². The van der Waals surface area contributed by atoms with Crippen molar-refractivity contribution in [3.8, 4) is 0 Å². The van der Waals surface area contributed by atoms with Crippen LogP contribution in [0.25, 0.3) is 63.6 Å². The fourth-order valence-electron chi connectivity index (χ4n) is 11.3. The first kappa shape index (κ1) is 32.7. The van der Waals surface area contributed by atoms with Crippen LogP contribution in [0.2, 0.25) is 0 Å². The molecule has 0 N–H and O–H groups in total. The van der Waals surface area contributed by atoms with Crippen molar-refractivity contribution < 1.29 is 0 Å². The van der Waals surface area contributed by atoms with Gasteiger partial charge in [0, 0.05) is 31.5 Å². The Balaban J connectivity index is 0.977. The first-order valence-corrected chi connectivity index (χ1v) is 21.5. The molecule has 0 bridgehead atoms. The molecule has 5 aliphatic carbocycles. The summed E-state index contributed by atoms with van der Waals surface area (Å²) >= 11 is 1.92. The van der Waals surface area contributed by atoms with Gasteiger partial charge in [0.05, 0.1) is 0 Å². The summed E-state index contributed by atoms with van der Waals surface area (Å²) in [5, 5.41) is 11.0. The molecule has 6 aromatic carbocycles. The Morgan fingerprint density at radius 1 is 0.571 bits per heavy atom. The van der Waals surface area contributed by atoms with Crippen molar-refractivity contribution in [1.29, 1.82) is 0 Å². The molecule has 270 valence electrons. The minimum atomic E-state index is -0.0152. The standard InChI is InChI=1S/C55H44S/c1-55(2)49-25-24-38(28-46(49)47-29-39-30-48-41-14-10-11-19-51(41)56-52(48)32-40(39)31-50(47)55)54-44-17-8-6-15-42(44)53(43-16-7-9-18-45(43)54)37-23-22-35-26-34(20-21-36(35)27-37)33-12-4-3-5-13-33/h3-4,6-12,14-19,22-26,29-32,36,46H,5,13,20-21,27-28H2,1-2H3. The molecular formula is C55H44S. The number of hydrogen-bond donors (Lipinski definition) is 0. The van der Waals surface area contributed by atoms with E-state index in [1.165, 1.54) is 117 Å². The first-order chi connectivity index (χ1) is 27.5. The van der Waals surface area contributed by atoms with Crippen LogP contribution in [0.3, 0.4) is 0 Å². The van der Waals surface area contributed by atoms with E-state index >= 15 is 0 Å². The number of benzene rings is 6. The maximum Gasteiger partial charge on any atom is 0.0361 e. The van der Waals surface area contributed by atoms with E-state index in [1.54, 1.807) is 16.7 Å². The summed E-state index contributed by atoms with van der Waals surface area (Å²) in [5.74, 6) is 0.947. The summed E-state index contributed by atoms with van der Waals surface area (Å²) in [6.45, 7) is 4.90. The van der Waals surface area contributed by atoms with Crippen LogP contribution in [-0.2, 0) is 5.41 Å². The average molecular weight is 737 g/mol. The van der Waals surface area contributed by atoms with Crippen molar-refractivity contribution in [1.82, 2.24) is 0 Å². The van der Waals surface area contributed by atoms with E-state index in [0.29, 0.717) is 11.8 Å². The van der Waals surface area contributed by atoms with Gasteiger partial charge in [0.15, 0.2) is 0 Å². The Morgan fingerprint density at radius 2 is 1.25 bits per heavy atom.